The molecule has 1 aliphatic rings. The molecule has 1 saturated heterocycles. The number of anilines is 1. The second kappa shape index (κ2) is 6.59. The van der Waals surface area contributed by atoms with Crippen molar-refractivity contribution in [3.8, 4) is 0 Å². The van der Waals surface area contributed by atoms with E-state index in [1.807, 2.05) is 31.2 Å². The third-order valence-corrected chi connectivity index (χ3v) is 4.42. The van der Waals surface area contributed by atoms with Crippen LogP contribution in [0.25, 0.3) is 0 Å². The lowest BCUT2D eigenvalue weighted by atomic mass is 10.0. The molecule has 1 N–H and O–H groups in total. The van der Waals surface area contributed by atoms with Crippen LogP contribution in [0.5, 0.6) is 0 Å². The average Bonchev–Trinajstić information content (AvgIpc) is 3.00. The first-order chi connectivity index (χ1) is 11.0. The number of rotatable bonds is 2. The summed E-state index contributed by atoms with van der Waals surface area (Å²) in [5.41, 5.74) is 2.37. The van der Waals surface area contributed by atoms with Crippen molar-refractivity contribution in [2.24, 2.45) is 0 Å². The first-order valence-electron chi connectivity index (χ1n) is 7.64. The van der Waals surface area contributed by atoms with Crippen LogP contribution in [-0.2, 0) is 0 Å². The molecule has 0 bridgehead atoms. The second-order valence-corrected chi connectivity index (χ2v) is 6.23. The number of urea groups is 1. The molecule has 2 amide bonds. The molecule has 23 heavy (non-hydrogen) atoms. The molecule has 1 atom stereocenters. The number of carbonyl (C=O) groups is 1. The minimum absolute atomic E-state index is 0.00238. The van der Waals surface area contributed by atoms with E-state index in [-0.39, 0.29) is 17.9 Å². The van der Waals surface area contributed by atoms with E-state index in [0.717, 1.165) is 24.0 Å². The van der Waals surface area contributed by atoms with Gasteiger partial charge in [-0.15, -0.1) is 0 Å². The normalized spacial score (nSPS) is 17.3. The molecule has 0 aliphatic carbocycles. The van der Waals surface area contributed by atoms with Gasteiger partial charge in [-0.05, 0) is 55.2 Å². The maximum absolute atomic E-state index is 13.4. The SMILES string of the molecule is Cc1ccc(F)cc1NC(=O)N1CCCC1c1cccc(Cl)c1. The van der Waals surface area contributed by atoms with Crippen LogP contribution in [-0.4, -0.2) is 17.5 Å². The van der Waals surface area contributed by atoms with Gasteiger partial charge in [0.05, 0.1) is 6.04 Å². The monoisotopic (exact) mass is 332 g/mol. The zero-order valence-corrected chi connectivity index (χ0v) is 13.6. The Morgan fingerprint density at radius 2 is 2.13 bits per heavy atom. The van der Waals surface area contributed by atoms with Crippen molar-refractivity contribution in [2.45, 2.75) is 25.8 Å². The summed E-state index contributed by atoms with van der Waals surface area (Å²) in [6, 6.07) is 11.8. The lowest BCUT2D eigenvalue weighted by Crippen LogP contribution is -2.34. The van der Waals surface area contributed by atoms with E-state index in [1.165, 1.54) is 12.1 Å². The van der Waals surface area contributed by atoms with E-state index in [4.69, 9.17) is 11.6 Å². The number of hydrogen-bond acceptors (Lipinski definition) is 1. The molecule has 0 radical (unpaired) electrons. The highest BCUT2D eigenvalue weighted by atomic mass is 35.5. The molecule has 5 heteroatoms. The second-order valence-electron chi connectivity index (χ2n) is 5.80. The van der Waals surface area contributed by atoms with Crippen molar-refractivity contribution in [1.82, 2.24) is 4.90 Å². The van der Waals surface area contributed by atoms with Gasteiger partial charge in [-0.25, -0.2) is 9.18 Å². The summed E-state index contributed by atoms with van der Waals surface area (Å²) in [6.07, 6.45) is 1.84. The van der Waals surface area contributed by atoms with Crippen LogP contribution >= 0.6 is 11.6 Å². The third-order valence-electron chi connectivity index (χ3n) is 4.19. The first kappa shape index (κ1) is 15.8. The molecule has 0 saturated carbocycles. The van der Waals surface area contributed by atoms with Gasteiger partial charge in [0.1, 0.15) is 5.82 Å². The number of benzene rings is 2. The fourth-order valence-corrected chi connectivity index (χ4v) is 3.18. The molecule has 0 aromatic heterocycles. The van der Waals surface area contributed by atoms with Crippen molar-refractivity contribution >= 4 is 23.3 Å². The van der Waals surface area contributed by atoms with Gasteiger partial charge >= 0.3 is 6.03 Å². The molecule has 1 fully saturated rings. The predicted molar refractivity (Wildman–Crippen MR) is 90.3 cm³/mol. The van der Waals surface area contributed by atoms with Crippen LogP contribution in [0.3, 0.4) is 0 Å². The number of carbonyl (C=O) groups excluding carboxylic acids is 1. The molecule has 3 rings (SSSR count). The predicted octanol–water partition coefficient (Wildman–Crippen LogP) is 5.16. The maximum Gasteiger partial charge on any atom is 0.322 e. The number of nitrogens with zero attached hydrogens (tertiary/aromatic N) is 1. The maximum atomic E-state index is 13.4. The highest BCUT2D eigenvalue weighted by Gasteiger charge is 2.30. The summed E-state index contributed by atoms with van der Waals surface area (Å²) in [5.74, 6) is -0.362. The summed E-state index contributed by atoms with van der Waals surface area (Å²) in [5, 5.41) is 3.48. The zero-order valence-electron chi connectivity index (χ0n) is 12.9. The Morgan fingerprint density at radius 1 is 1.30 bits per heavy atom. The highest BCUT2D eigenvalue weighted by Crippen LogP contribution is 2.33. The summed E-state index contributed by atoms with van der Waals surface area (Å²) in [7, 11) is 0. The molecule has 2 aromatic rings. The average molecular weight is 333 g/mol. The van der Waals surface area contributed by atoms with Gasteiger partial charge in [0.2, 0.25) is 0 Å². The molecular formula is C18H18ClFN2O. The van der Waals surface area contributed by atoms with Gasteiger partial charge in [0.15, 0.2) is 0 Å². The molecule has 0 spiro atoms. The molecule has 1 heterocycles. The van der Waals surface area contributed by atoms with Crippen molar-refractivity contribution < 1.29 is 9.18 Å². The van der Waals surface area contributed by atoms with Gasteiger partial charge in [-0.1, -0.05) is 29.8 Å². The lowest BCUT2D eigenvalue weighted by molar-refractivity contribution is 0.207. The molecule has 3 nitrogen and oxygen atoms in total. The summed E-state index contributed by atoms with van der Waals surface area (Å²) < 4.78 is 13.4. The molecule has 1 aliphatic heterocycles. The standard InChI is InChI=1S/C18H18ClFN2O/c1-12-7-8-15(20)11-16(12)21-18(23)22-9-3-6-17(22)13-4-2-5-14(19)10-13/h2,4-5,7-8,10-11,17H,3,6,9H2,1H3,(H,21,23). The zero-order chi connectivity index (χ0) is 16.4. The number of hydrogen-bond donors (Lipinski definition) is 1. The highest BCUT2D eigenvalue weighted by molar-refractivity contribution is 6.30. The Bertz CT molecular complexity index is 735. The Kier molecular flexibility index (Phi) is 4.53. The van der Waals surface area contributed by atoms with E-state index in [0.29, 0.717) is 17.3 Å². The number of aryl methyl sites for hydroxylation is 1. The van der Waals surface area contributed by atoms with E-state index < -0.39 is 0 Å². The molecule has 1 unspecified atom stereocenters. The van der Waals surface area contributed by atoms with Crippen molar-refractivity contribution in [2.75, 3.05) is 11.9 Å². The largest absolute Gasteiger partial charge is 0.322 e. The minimum Gasteiger partial charge on any atom is -0.317 e. The van der Waals surface area contributed by atoms with Crippen LogP contribution in [0.4, 0.5) is 14.9 Å². The van der Waals surface area contributed by atoms with Gasteiger partial charge in [-0.2, -0.15) is 0 Å². The van der Waals surface area contributed by atoms with Crippen LogP contribution in [0.15, 0.2) is 42.5 Å². The number of nitrogens with one attached hydrogen (secondary N) is 1. The summed E-state index contributed by atoms with van der Waals surface area (Å²) in [4.78, 5) is 14.4. The summed E-state index contributed by atoms with van der Waals surface area (Å²) >= 11 is 6.06. The van der Waals surface area contributed by atoms with E-state index in [1.54, 1.807) is 11.0 Å². The smallest absolute Gasteiger partial charge is 0.317 e. The number of amides is 2. The van der Waals surface area contributed by atoms with Crippen molar-refractivity contribution in [3.63, 3.8) is 0 Å². The van der Waals surface area contributed by atoms with Crippen molar-refractivity contribution in [3.05, 3.63) is 64.4 Å². The van der Waals surface area contributed by atoms with Gasteiger partial charge in [0.25, 0.3) is 0 Å². The van der Waals surface area contributed by atoms with Crippen LogP contribution in [0, 0.1) is 12.7 Å². The van der Waals surface area contributed by atoms with Gasteiger partial charge < -0.3 is 10.2 Å². The lowest BCUT2D eigenvalue weighted by Gasteiger charge is -2.26. The van der Waals surface area contributed by atoms with Gasteiger partial charge in [0, 0.05) is 17.3 Å². The minimum atomic E-state index is -0.362. The molecule has 2 aromatic carbocycles. The Labute approximate surface area is 140 Å². The quantitative estimate of drug-likeness (QED) is 0.809. The van der Waals surface area contributed by atoms with Crippen LogP contribution in [0.2, 0.25) is 5.02 Å². The van der Waals surface area contributed by atoms with Crippen molar-refractivity contribution in [1.29, 1.82) is 0 Å². The third kappa shape index (κ3) is 3.48. The Balaban J connectivity index is 1.79. The van der Waals surface area contributed by atoms with E-state index in [9.17, 15) is 9.18 Å². The molecule has 120 valence electrons. The Hall–Kier alpha value is -2.07. The summed E-state index contributed by atoms with van der Waals surface area (Å²) in [6.45, 7) is 2.52. The Morgan fingerprint density at radius 3 is 2.91 bits per heavy atom. The molecular weight excluding hydrogens is 315 g/mol. The van der Waals surface area contributed by atoms with Crippen LogP contribution in [0.1, 0.15) is 30.0 Å². The number of halogens is 2. The van der Waals surface area contributed by atoms with E-state index in [2.05, 4.69) is 5.32 Å². The topological polar surface area (TPSA) is 32.3 Å². The van der Waals surface area contributed by atoms with Crippen LogP contribution < -0.4 is 5.32 Å². The fourth-order valence-electron chi connectivity index (χ4n) is 2.99. The number of likely N-dealkylation sites (tertiary alicyclic amines) is 1. The van der Waals surface area contributed by atoms with E-state index >= 15 is 0 Å². The van der Waals surface area contributed by atoms with Gasteiger partial charge in [-0.3, -0.25) is 0 Å². The first-order valence-corrected chi connectivity index (χ1v) is 8.01. The fraction of sp³-hybridized carbons (Fsp3) is 0.278.